The summed E-state index contributed by atoms with van der Waals surface area (Å²) in [6.45, 7) is 1.82. The van der Waals surface area contributed by atoms with Gasteiger partial charge in [-0.25, -0.2) is 8.42 Å². The average Bonchev–Trinajstić information content (AvgIpc) is 2.83. The van der Waals surface area contributed by atoms with Gasteiger partial charge in [-0.2, -0.15) is 0 Å². The maximum absolute atomic E-state index is 13.6. The highest BCUT2D eigenvalue weighted by Crippen LogP contribution is 2.42. The molecule has 0 saturated heterocycles. The lowest BCUT2D eigenvalue weighted by molar-refractivity contribution is -0.119. The first-order valence-electron chi connectivity index (χ1n) is 11.1. The number of hydrogen-bond acceptors (Lipinski definition) is 4. The normalized spacial score (nSPS) is 19.0. The number of rotatable bonds is 7. The lowest BCUT2D eigenvalue weighted by Crippen LogP contribution is -2.27. The van der Waals surface area contributed by atoms with Crippen LogP contribution in [-0.4, -0.2) is 25.9 Å². The van der Waals surface area contributed by atoms with E-state index in [4.69, 9.17) is 11.6 Å². The van der Waals surface area contributed by atoms with Gasteiger partial charge in [0.15, 0.2) is 9.84 Å². The zero-order valence-corrected chi connectivity index (χ0v) is 20.0. The zero-order valence-electron chi connectivity index (χ0n) is 18.4. The van der Waals surface area contributed by atoms with Crippen molar-refractivity contribution in [2.75, 3.05) is 6.61 Å². The third-order valence-corrected chi connectivity index (χ3v) is 8.87. The quantitative estimate of drug-likeness (QED) is 0.494. The van der Waals surface area contributed by atoms with Crippen LogP contribution in [0.15, 0.2) is 77.7 Å². The summed E-state index contributed by atoms with van der Waals surface area (Å²) >= 11 is 6.07. The van der Waals surface area contributed by atoms with Crippen molar-refractivity contribution in [3.8, 4) is 0 Å². The SMILES string of the molecule is C[C@H](C(=O)Cc1ccc2c(c1)C(S(=O)(=O)c1cccc(Cl)c1)C[C@H](CO)C2)c1ccccc1. The highest BCUT2D eigenvalue weighted by atomic mass is 35.5. The second-order valence-corrected chi connectivity index (χ2v) is 11.4. The molecule has 0 aliphatic heterocycles. The zero-order chi connectivity index (χ0) is 23.6. The van der Waals surface area contributed by atoms with Crippen molar-refractivity contribution in [2.24, 2.45) is 5.92 Å². The van der Waals surface area contributed by atoms with Gasteiger partial charge in [-0.1, -0.05) is 73.1 Å². The number of carbonyl (C=O) groups excluding carboxylic acids is 1. The Morgan fingerprint density at radius 1 is 1.06 bits per heavy atom. The molecule has 0 amide bonds. The van der Waals surface area contributed by atoms with Crippen LogP contribution in [0.1, 0.15) is 46.8 Å². The second-order valence-electron chi connectivity index (χ2n) is 8.79. The number of ketones is 1. The molecule has 0 saturated carbocycles. The molecule has 33 heavy (non-hydrogen) atoms. The van der Waals surface area contributed by atoms with Gasteiger partial charge in [-0.15, -0.1) is 0 Å². The van der Waals surface area contributed by atoms with Crippen molar-refractivity contribution in [3.05, 3.63) is 100 Å². The van der Waals surface area contributed by atoms with Gasteiger partial charge in [0.2, 0.25) is 0 Å². The van der Waals surface area contributed by atoms with Crippen LogP contribution in [0.5, 0.6) is 0 Å². The molecule has 0 fully saturated rings. The molecule has 1 unspecified atom stereocenters. The number of aliphatic hydroxyl groups excluding tert-OH is 1. The molecule has 1 N–H and O–H groups in total. The lowest BCUT2D eigenvalue weighted by atomic mass is 9.82. The molecule has 1 aliphatic rings. The molecule has 3 aromatic carbocycles. The van der Waals surface area contributed by atoms with Gasteiger partial charge in [0, 0.05) is 24.0 Å². The van der Waals surface area contributed by atoms with Crippen LogP contribution in [0.3, 0.4) is 0 Å². The maximum atomic E-state index is 13.6. The summed E-state index contributed by atoms with van der Waals surface area (Å²) in [5, 5.41) is 9.37. The Balaban J connectivity index is 1.67. The van der Waals surface area contributed by atoms with Crippen LogP contribution in [0.2, 0.25) is 5.02 Å². The minimum Gasteiger partial charge on any atom is -0.396 e. The van der Waals surface area contributed by atoms with Gasteiger partial charge < -0.3 is 5.11 Å². The minimum absolute atomic E-state index is 0.0736. The van der Waals surface area contributed by atoms with E-state index in [-0.39, 0.29) is 35.5 Å². The first kappa shape index (κ1) is 23.7. The van der Waals surface area contributed by atoms with E-state index < -0.39 is 15.1 Å². The fourth-order valence-corrected chi connectivity index (χ4v) is 6.81. The molecule has 172 valence electrons. The first-order chi connectivity index (χ1) is 15.8. The molecule has 0 spiro atoms. The largest absolute Gasteiger partial charge is 0.396 e. The number of sulfone groups is 1. The standard InChI is InChI=1S/C27H27ClO4S/c1-18(21-6-3-2-4-7-21)26(30)14-19-10-11-22-12-20(17-29)15-27(25(22)13-19)33(31,32)24-9-5-8-23(28)16-24/h2-11,13,16,18,20,27,29H,12,14-15,17H2,1H3/t18-,20+,27?/m0/s1. The molecule has 3 aromatic rings. The molecule has 3 atom stereocenters. The molecule has 4 rings (SSSR count). The minimum atomic E-state index is -3.73. The van der Waals surface area contributed by atoms with Crippen molar-refractivity contribution in [1.82, 2.24) is 0 Å². The number of Topliss-reactive ketones (excluding diaryl/α,β-unsaturated/α-hetero) is 1. The topological polar surface area (TPSA) is 71.4 Å². The molecule has 0 aromatic heterocycles. The first-order valence-corrected chi connectivity index (χ1v) is 13.0. The fraction of sp³-hybridized carbons (Fsp3) is 0.296. The van der Waals surface area contributed by atoms with Gasteiger partial charge in [0.25, 0.3) is 0 Å². The molecule has 0 bridgehead atoms. The predicted molar refractivity (Wildman–Crippen MR) is 130 cm³/mol. The van der Waals surface area contributed by atoms with Crippen LogP contribution in [0.25, 0.3) is 0 Å². The number of halogens is 1. The van der Waals surface area contributed by atoms with Crippen molar-refractivity contribution in [3.63, 3.8) is 0 Å². The van der Waals surface area contributed by atoms with Crippen molar-refractivity contribution in [1.29, 1.82) is 0 Å². The summed E-state index contributed by atoms with van der Waals surface area (Å²) in [5.74, 6) is -0.298. The monoisotopic (exact) mass is 482 g/mol. The molecule has 1 aliphatic carbocycles. The number of fused-ring (bicyclic) bond motifs is 1. The van der Waals surface area contributed by atoms with Crippen LogP contribution in [0.4, 0.5) is 0 Å². The van der Waals surface area contributed by atoms with Crippen molar-refractivity contribution < 1.29 is 18.3 Å². The van der Waals surface area contributed by atoms with Crippen molar-refractivity contribution >= 4 is 27.2 Å². The third-order valence-electron chi connectivity index (χ3n) is 6.53. The van der Waals surface area contributed by atoms with Gasteiger partial charge in [0.1, 0.15) is 5.78 Å². The van der Waals surface area contributed by atoms with E-state index in [9.17, 15) is 18.3 Å². The van der Waals surface area contributed by atoms with Gasteiger partial charge in [-0.05, 0) is 59.2 Å². The molecular formula is C27H27ClO4S. The molecule has 6 heteroatoms. The van der Waals surface area contributed by atoms with Gasteiger partial charge >= 0.3 is 0 Å². The van der Waals surface area contributed by atoms with E-state index in [1.165, 1.54) is 6.07 Å². The molecular weight excluding hydrogens is 456 g/mol. The summed E-state index contributed by atoms with van der Waals surface area (Å²) in [7, 11) is -3.73. The van der Waals surface area contributed by atoms with E-state index in [2.05, 4.69) is 0 Å². The van der Waals surface area contributed by atoms with E-state index in [1.54, 1.807) is 18.2 Å². The smallest absolute Gasteiger partial charge is 0.185 e. The Morgan fingerprint density at radius 3 is 2.52 bits per heavy atom. The van der Waals surface area contributed by atoms with Crippen molar-refractivity contribution in [2.45, 2.75) is 42.2 Å². The van der Waals surface area contributed by atoms with E-state index in [0.29, 0.717) is 17.9 Å². The summed E-state index contributed by atoms with van der Waals surface area (Å²) in [5.41, 5.74) is 3.39. The number of hydrogen-bond donors (Lipinski definition) is 1. The van der Waals surface area contributed by atoms with Crippen LogP contribution >= 0.6 is 11.6 Å². The Bertz CT molecular complexity index is 1250. The Morgan fingerprint density at radius 2 is 1.82 bits per heavy atom. The predicted octanol–water partition coefficient (Wildman–Crippen LogP) is 5.33. The molecule has 4 nitrogen and oxygen atoms in total. The summed E-state index contributed by atoms with van der Waals surface area (Å²) in [6, 6.07) is 21.6. The third kappa shape index (κ3) is 5.06. The maximum Gasteiger partial charge on any atom is 0.185 e. The Hall–Kier alpha value is -2.47. The number of aliphatic hydroxyl groups is 1. The van der Waals surface area contributed by atoms with Crippen LogP contribution in [-0.2, 0) is 27.5 Å². The van der Waals surface area contributed by atoms with Crippen LogP contribution in [0, 0.1) is 5.92 Å². The fourth-order valence-electron chi connectivity index (χ4n) is 4.59. The average molecular weight is 483 g/mol. The number of benzene rings is 3. The van der Waals surface area contributed by atoms with E-state index >= 15 is 0 Å². The van der Waals surface area contributed by atoms with Crippen LogP contribution < -0.4 is 0 Å². The highest BCUT2D eigenvalue weighted by Gasteiger charge is 2.37. The van der Waals surface area contributed by atoms with Gasteiger partial charge in [-0.3, -0.25) is 4.79 Å². The van der Waals surface area contributed by atoms with Gasteiger partial charge in [0.05, 0.1) is 10.1 Å². The molecule has 0 heterocycles. The Kier molecular flexibility index (Phi) is 7.03. The van der Waals surface area contributed by atoms with E-state index in [0.717, 1.165) is 22.3 Å². The lowest BCUT2D eigenvalue weighted by Gasteiger charge is -2.31. The van der Waals surface area contributed by atoms with E-state index in [1.807, 2.05) is 55.5 Å². The highest BCUT2D eigenvalue weighted by molar-refractivity contribution is 7.91. The summed E-state index contributed by atoms with van der Waals surface area (Å²) in [4.78, 5) is 13.1. The Labute approximate surface area is 200 Å². The molecule has 0 radical (unpaired) electrons. The second kappa shape index (κ2) is 9.80. The summed E-state index contributed by atoms with van der Waals surface area (Å²) < 4.78 is 27.2. The number of carbonyl (C=O) groups is 1. The summed E-state index contributed by atoms with van der Waals surface area (Å²) in [6.07, 6.45) is 1.18.